The zero-order valence-corrected chi connectivity index (χ0v) is 10.7. The average molecular weight is 255 g/mol. The Kier molecular flexibility index (Phi) is 3.70. The maximum Gasteiger partial charge on any atom is 0.122 e. The summed E-state index contributed by atoms with van der Waals surface area (Å²) < 4.78 is 5.83. The van der Waals surface area contributed by atoms with Crippen molar-refractivity contribution in [3.8, 4) is 5.75 Å². The van der Waals surface area contributed by atoms with E-state index in [0.29, 0.717) is 18.4 Å². The lowest BCUT2D eigenvalue weighted by Crippen LogP contribution is -2.20. The van der Waals surface area contributed by atoms with E-state index in [1.807, 2.05) is 30.5 Å². The molecule has 1 aliphatic heterocycles. The van der Waals surface area contributed by atoms with Crippen LogP contribution < -0.4 is 10.1 Å². The van der Waals surface area contributed by atoms with Crippen molar-refractivity contribution in [2.24, 2.45) is 5.92 Å². The standard InChI is InChI=1S/C15H17N3O/c1-2-6-18-15(3-1)14-10-17-9-12(14)11-19-13-4-7-16-8-5-13/h1-8,12,14,17H,9-11H2/t12-,14-/m0/s1. The van der Waals surface area contributed by atoms with E-state index in [0.717, 1.165) is 24.5 Å². The molecule has 19 heavy (non-hydrogen) atoms. The molecule has 1 saturated heterocycles. The van der Waals surface area contributed by atoms with Gasteiger partial charge in [-0.3, -0.25) is 9.97 Å². The van der Waals surface area contributed by atoms with Crippen molar-refractivity contribution in [3.63, 3.8) is 0 Å². The first kappa shape index (κ1) is 12.1. The van der Waals surface area contributed by atoms with Crippen LogP contribution in [0.2, 0.25) is 0 Å². The van der Waals surface area contributed by atoms with Crippen molar-refractivity contribution >= 4 is 0 Å². The topological polar surface area (TPSA) is 47.0 Å². The first-order valence-corrected chi connectivity index (χ1v) is 6.58. The maximum atomic E-state index is 5.83. The molecular formula is C15H17N3O. The summed E-state index contributed by atoms with van der Waals surface area (Å²) in [6.45, 7) is 2.66. The molecule has 1 fully saturated rings. The number of rotatable bonds is 4. The largest absolute Gasteiger partial charge is 0.493 e. The molecule has 4 heteroatoms. The highest BCUT2D eigenvalue weighted by atomic mass is 16.5. The lowest BCUT2D eigenvalue weighted by molar-refractivity contribution is 0.247. The Hall–Kier alpha value is -1.94. The van der Waals surface area contributed by atoms with Gasteiger partial charge in [0.2, 0.25) is 0 Å². The summed E-state index contributed by atoms with van der Waals surface area (Å²) in [6, 6.07) is 9.86. The van der Waals surface area contributed by atoms with Gasteiger partial charge in [0.15, 0.2) is 0 Å². The molecule has 0 bridgehead atoms. The van der Waals surface area contributed by atoms with E-state index >= 15 is 0 Å². The monoisotopic (exact) mass is 255 g/mol. The third kappa shape index (κ3) is 2.90. The fourth-order valence-electron chi connectivity index (χ4n) is 2.49. The second-order valence-corrected chi connectivity index (χ2v) is 4.77. The SMILES string of the molecule is c1ccc([C@H]2CNC[C@H]2COc2ccncc2)nc1. The molecule has 3 heterocycles. The number of hydrogen-bond donors (Lipinski definition) is 1. The summed E-state index contributed by atoms with van der Waals surface area (Å²) in [4.78, 5) is 8.45. The fourth-order valence-corrected chi connectivity index (χ4v) is 2.49. The van der Waals surface area contributed by atoms with E-state index in [-0.39, 0.29) is 0 Å². The zero-order chi connectivity index (χ0) is 12.9. The highest BCUT2D eigenvalue weighted by molar-refractivity contribution is 5.18. The molecular weight excluding hydrogens is 238 g/mol. The summed E-state index contributed by atoms with van der Waals surface area (Å²) in [5.41, 5.74) is 1.15. The molecule has 98 valence electrons. The van der Waals surface area contributed by atoms with Gasteiger partial charge in [-0.25, -0.2) is 0 Å². The van der Waals surface area contributed by atoms with Crippen LogP contribution in [0.25, 0.3) is 0 Å². The van der Waals surface area contributed by atoms with Crippen molar-refractivity contribution in [3.05, 3.63) is 54.6 Å². The molecule has 0 unspecified atom stereocenters. The fraction of sp³-hybridized carbons (Fsp3) is 0.333. The van der Waals surface area contributed by atoms with Gasteiger partial charge < -0.3 is 10.1 Å². The normalized spacial score (nSPS) is 22.3. The van der Waals surface area contributed by atoms with Gasteiger partial charge in [-0.1, -0.05) is 6.07 Å². The molecule has 1 N–H and O–H groups in total. The smallest absolute Gasteiger partial charge is 0.122 e. The van der Waals surface area contributed by atoms with E-state index in [9.17, 15) is 0 Å². The molecule has 1 aliphatic rings. The van der Waals surface area contributed by atoms with Crippen molar-refractivity contribution in [1.82, 2.24) is 15.3 Å². The summed E-state index contributed by atoms with van der Waals surface area (Å²) in [7, 11) is 0. The van der Waals surface area contributed by atoms with Gasteiger partial charge in [-0.2, -0.15) is 0 Å². The van der Waals surface area contributed by atoms with Gasteiger partial charge in [-0.15, -0.1) is 0 Å². The molecule has 0 radical (unpaired) electrons. The van der Waals surface area contributed by atoms with Crippen molar-refractivity contribution in [2.75, 3.05) is 19.7 Å². The first-order valence-electron chi connectivity index (χ1n) is 6.58. The number of ether oxygens (including phenoxy) is 1. The Bertz CT molecular complexity index is 503. The Labute approximate surface area is 112 Å². The average Bonchev–Trinajstić information content (AvgIpc) is 2.95. The summed E-state index contributed by atoms with van der Waals surface area (Å²) in [6.07, 6.45) is 5.35. The summed E-state index contributed by atoms with van der Waals surface area (Å²) in [5, 5.41) is 3.42. The molecule has 0 spiro atoms. The predicted octanol–water partition coefficient (Wildman–Crippen LogP) is 1.86. The van der Waals surface area contributed by atoms with Crippen molar-refractivity contribution in [1.29, 1.82) is 0 Å². The number of aromatic nitrogens is 2. The number of pyridine rings is 2. The van der Waals surface area contributed by atoms with E-state index in [1.54, 1.807) is 12.4 Å². The lowest BCUT2D eigenvalue weighted by Gasteiger charge is -2.18. The molecule has 0 saturated carbocycles. The molecule has 3 rings (SSSR count). The quantitative estimate of drug-likeness (QED) is 0.906. The van der Waals surface area contributed by atoms with E-state index < -0.39 is 0 Å². The Morgan fingerprint density at radius 2 is 2.00 bits per heavy atom. The zero-order valence-electron chi connectivity index (χ0n) is 10.7. The van der Waals surface area contributed by atoms with Crippen LogP contribution in [0.4, 0.5) is 0 Å². The van der Waals surface area contributed by atoms with Gasteiger partial charge in [0, 0.05) is 49.2 Å². The van der Waals surface area contributed by atoms with Crippen LogP contribution >= 0.6 is 0 Å². The highest BCUT2D eigenvalue weighted by Crippen LogP contribution is 2.27. The minimum Gasteiger partial charge on any atom is -0.493 e. The number of nitrogens with one attached hydrogen (secondary N) is 1. The van der Waals surface area contributed by atoms with Crippen LogP contribution in [-0.4, -0.2) is 29.7 Å². The molecule has 2 aromatic rings. The third-order valence-electron chi connectivity index (χ3n) is 3.52. The van der Waals surface area contributed by atoms with Gasteiger partial charge in [0.25, 0.3) is 0 Å². The van der Waals surface area contributed by atoms with E-state index in [4.69, 9.17) is 4.74 Å². The Balaban J connectivity index is 1.64. The van der Waals surface area contributed by atoms with Gasteiger partial charge in [0.05, 0.1) is 6.61 Å². The van der Waals surface area contributed by atoms with Crippen LogP contribution in [0.5, 0.6) is 5.75 Å². The van der Waals surface area contributed by atoms with E-state index in [1.165, 1.54) is 0 Å². The van der Waals surface area contributed by atoms with Crippen LogP contribution in [0.3, 0.4) is 0 Å². The van der Waals surface area contributed by atoms with E-state index in [2.05, 4.69) is 21.4 Å². The Morgan fingerprint density at radius 3 is 2.79 bits per heavy atom. The summed E-state index contributed by atoms with van der Waals surface area (Å²) >= 11 is 0. The Morgan fingerprint density at radius 1 is 1.11 bits per heavy atom. The van der Waals surface area contributed by atoms with Crippen LogP contribution in [0.15, 0.2) is 48.9 Å². The third-order valence-corrected chi connectivity index (χ3v) is 3.52. The molecule has 0 amide bonds. The maximum absolute atomic E-state index is 5.83. The molecule has 2 aromatic heterocycles. The molecule has 0 aliphatic carbocycles. The highest BCUT2D eigenvalue weighted by Gasteiger charge is 2.29. The lowest BCUT2D eigenvalue weighted by atomic mass is 9.93. The minimum absolute atomic E-state index is 0.433. The summed E-state index contributed by atoms with van der Waals surface area (Å²) in [5.74, 6) is 1.77. The van der Waals surface area contributed by atoms with Gasteiger partial charge in [0.1, 0.15) is 5.75 Å². The second-order valence-electron chi connectivity index (χ2n) is 4.77. The molecule has 4 nitrogen and oxygen atoms in total. The second kappa shape index (κ2) is 5.80. The molecule has 0 aromatic carbocycles. The van der Waals surface area contributed by atoms with Crippen LogP contribution in [-0.2, 0) is 0 Å². The minimum atomic E-state index is 0.433. The van der Waals surface area contributed by atoms with Crippen molar-refractivity contribution in [2.45, 2.75) is 5.92 Å². The first-order chi connectivity index (χ1) is 9.43. The van der Waals surface area contributed by atoms with Gasteiger partial charge in [-0.05, 0) is 24.3 Å². The van der Waals surface area contributed by atoms with Crippen molar-refractivity contribution < 1.29 is 4.74 Å². The van der Waals surface area contributed by atoms with Crippen LogP contribution in [0.1, 0.15) is 11.6 Å². The van der Waals surface area contributed by atoms with Crippen LogP contribution in [0, 0.1) is 5.92 Å². The number of hydrogen-bond acceptors (Lipinski definition) is 4. The predicted molar refractivity (Wildman–Crippen MR) is 73.1 cm³/mol. The molecule has 2 atom stereocenters. The van der Waals surface area contributed by atoms with Gasteiger partial charge >= 0.3 is 0 Å². The number of nitrogens with zero attached hydrogens (tertiary/aromatic N) is 2.